The van der Waals surface area contributed by atoms with E-state index in [9.17, 15) is 4.79 Å². The summed E-state index contributed by atoms with van der Waals surface area (Å²) in [4.78, 5) is 18.0. The van der Waals surface area contributed by atoms with Crippen molar-refractivity contribution in [2.45, 2.75) is 6.54 Å². The highest BCUT2D eigenvalue weighted by Crippen LogP contribution is 2.05. The van der Waals surface area contributed by atoms with E-state index in [1.807, 2.05) is 0 Å². The van der Waals surface area contributed by atoms with Crippen LogP contribution in [-0.4, -0.2) is 21.1 Å². The van der Waals surface area contributed by atoms with E-state index in [1.165, 1.54) is 0 Å². The number of hydrogen-bond donors (Lipinski definition) is 2. The van der Waals surface area contributed by atoms with Crippen LogP contribution >= 0.6 is 0 Å². The van der Waals surface area contributed by atoms with Crippen LogP contribution in [-0.2, 0) is 6.54 Å². The van der Waals surface area contributed by atoms with E-state index in [0.29, 0.717) is 13.1 Å². The van der Waals surface area contributed by atoms with Crippen LogP contribution in [0.4, 0.5) is 0 Å². The van der Waals surface area contributed by atoms with Gasteiger partial charge in [0, 0.05) is 19.3 Å². The molecule has 0 aliphatic carbocycles. The van der Waals surface area contributed by atoms with Gasteiger partial charge >= 0.3 is 5.69 Å². The number of hydrogen-bond acceptors (Lipinski definition) is 3. The molecule has 68 valence electrons. The highest BCUT2D eigenvalue weighted by Gasteiger charge is 2.03. The van der Waals surface area contributed by atoms with Crippen molar-refractivity contribution in [2.24, 2.45) is 5.73 Å². The first kappa shape index (κ1) is 8.00. The summed E-state index contributed by atoms with van der Waals surface area (Å²) in [6.45, 7) is 0.984. The fraction of sp³-hybridized carbons (Fsp3) is 0.250. The number of nitrogens with zero attached hydrogens (tertiary/aromatic N) is 2. The van der Waals surface area contributed by atoms with E-state index in [0.717, 1.165) is 11.0 Å². The number of fused-ring (bicyclic) bond motifs is 1. The topological polar surface area (TPSA) is 76.7 Å². The van der Waals surface area contributed by atoms with E-state index >= 15 is 0 Å². The van der Waals surface area contributed by atoms with Gasteiger partial charge in [-0.05, 0) is 6.07 Å². The fourth-order valence-corrected chi connectivity index (χ4v) is 1.36. The molecule has 5 nitrogen and oxygen atoms in total. The van der Waals surface area contributed by atoms with Crippen LogP contribution in [0.3, 0.4) is 0 Å². The van der Waals surface area contributed by atoms with E-state index in [-0.39, 0.29) is 5.69 Å². The smallest absolute Gasteiger partial charge is 0.326 e. The Hall–Kier alpha value is -1.62. The molecule has 0 aliphatic heterocycles. The zero-order valence-corrected chi connectivity index (χ0v) is 7.03. The molecule has 0 fully saturated rings. The second-order valence-corrected chi connectivity index (χ2v) is 2.76. The van der Waals surface area contributed by atoms with E-state index in [2.05, 4.69) is 9.97 Å². The van der Waals surface area contributed by atoms with Gasteiger partial charge in [-0.2, -0.15) is 0 Å². The summed E-state index contributed by atoms with van der Waals surface area (Å²) in [6.07, 6.45) is 3.28. The highest BCUT2D eigenvalue weighted by atomic mass is 16.1. The molecule has 0 aliphatic rings. The minimum Gasteiger partial charge on any atom is -0.329 e. The number of H-pyrrole nitrogens is 1. The Balaban J connectivity index is 2.71. The Labute approximate surface area is 74.2 Å². The molecule has 0 saturated heterocycles. The van der Waals surface area contributed by atoms with E-state index in [4.69, 9.17) is 5.73 Å². The number of pyridine rings is 1. The summed E-state index contributed by atoms with van der Waals surface area (Å²) in [6, 6.07) is 1.79. The van der Waals surface area contributed by atoms with Gasteiger partial charge in [-0.25, -0.2) is 4.79 Å². The average molecular weight is 178 g/mol. The van der Waals surface area contributed by atoms with Crippen LogP contribution < -0.4 is 11.4 Å². The minimum atomic E-state index is -0.131. The molecule has 0 aromatic carbocycles. The van der Waals surface area contributed by atoms with Crippen molar-refractivity contribution in [3.8, 4) is 0 Å². The molecular formula is C8H10N4O. The number of nitrogens with two attached hydrogens (primary N) is 1. The lowest BCUT2D eigenvalue weighted by atomic mass is 10.4. The van der Waals surface area contributed by atoms with Crippen molar-refractivity contribution in [3.05, 3.63) is 28.9 Å². The van der Waals surface area contributed by atoms with Crippen LogP contribution in [0.25, 0.3) is 11.0 Å². The van der Waals surface area contributed by atoms with Gasteiger partial charge in [-0.3, -0.25) is 9.55 Å². The molecule has 3 N–H and O–H groups in total. The largest absolute Gasteiger partial charge is 0.329 e. The zero-order valence-electron chi connectivity index (χ0n) is 7.03. The maximum absolute atomic E-state index is 11.4. The lowest BCUT2D eigenvalue weighted by Crippen LogP contribution is -2.21. The molecule has 2 rings (SSSR count). The van der Waals surface area contributed by atoms with Crippen LogP contribution in [0.1, 0.15) is 0 Å². The summed E-state index contributed by atoms with van der Waals surface area (Å²) in [5.41, 5.74) is 6.86. The lowest BCUT2D eigenvalue weighted by molar-refractivity contribution is 0.703. The molecule has 0 bridgehead atoms. The summed E-state index contributed by atoms with van der Waals surface area (Å²) in [5.74, 6) is 0. The molecule has 2 aromatic rings. The average Bonchev–Trinajstić information content (AvgIpc) is 2.44. The van der Waals surface area contributed by atoms with Gasteiger partial charge in [0.1, 0.15) is 0 Å². The molecule has 0 saturated carbocycles. The third-order valence-electron chi connectivity index (χ3n) is 1.93. The third kappa shape index (κ3) is 1.23. The summed E-state index contributed by atoms with van der Waals surface area (Å²) >= 11 is 0. The Morgan fingerprint density at radius 1 is 1.62 bits per heavy atom. The molecular weight excluding hydrogens is 168 g/mol. The normalized spacial score (nSPS) is 10.8. The first-order chi connectivity index (χ1) is 6.33. The number of aromatic nitrogens is 3. The molecule has 13 heavy (non-hydrogen) atoms. The van der Waals surface area contributed by atoms with Gasteiger partial charge in [0.15, 0.2) is 0 Å². The quantitative estimate of drug-likeness (QED) is 0.661. The second kappa shape index (κ2) is 3.02. The van der Waals surface area contributed by atoms with E-state index < -0.39 is 0 Å². The summed E-state index contributed by atoms with van der Waals surface area (Å²) < 4.78 is 1.61. The molecule has 2 aromatic heterocycles. The maximum Gasteiger partial charge on any atom is 0.326 e. The number of rotatable bonds is 2. The molecule has 2 heterocycles. The fourth-order valence-electron chi connectivity index (χ4n) is 1.36. The van der Waals surface area contributed by atoms with Crippen LogP contribution in [0.2, 0.25) is 0 Å². The van der Waals surface area contributed by atoms with Crippen molar-refractivity contribution < 1.29 is 0 Å². The predicted octanol–water partition coefficient (Wildman–Crippen LogP) is -0.317. The maximum atomic E-state index is 11.4. The lowest BCUT2D eigenvalue weighted by Gasteiger charge is -1.98. The SMILES string of the molecule is NCCn1c(=O)[nH]c2cnccc21. The first-order valence-electron chi connectivity index (χ1n) is 4.05. The summed E-state index contributed by atoms with van der Waals surface area (Å²) in [5, 5.41) is 0. The molecule has 0 unspecified atom stereocenters. The van der Waals surface area contributed by atoms with Crippen LogP contribution in [0, 0.1) is 0 Å². The molecule has 0 atom stereocenters. The number of aromatic amines is 1. The van der Waals surface area contributed by atoms with Crippen LogP contribution in [0.5, 0.6) is 0 Å². The Morgan fingerprint density at radius 2 is 2.46 bits per heavy atom. The van der Waals surface area contributed by atoms with Crippen molar-refractivity contribution in [2.75, 3.05) is 6.54 Å². The summed E-state index contributed by atoms with van der Waals surface area (Å²) in [7, 11) is 0. The second-order valence-electron chi connectivity index (χ2n) is 2.76. The zero-order chi connectivity index (χ0) is 9.26. The monoisotopic (exact) mass is 178 g/mol. The predicted molar refractivity (Wildman–Crippen MR) is 49.4 cm³/mol. The third-order valence-corrected chi connectivity index (χ3v) is 1.93. The van der Waals surface area contributed by atoms with Gasteiger partial charge in [0.05, 0.1) is 17.2 Å². The minimum absolute atomic E-state index is 0.131. The van der Waals surface area contributed by atoms with Gasteiger partial charge < -0.3 is 10.7 Å². The van der Waals surface area contributed by atoms with Crippen molar-refractivity contribution >= 4 is 11.0 Å². The van der Waals surface area contributed by atoms with Gasteiger partial charge in [-0.1, -0.05) is 0 Å². The van der Waals surface area contributed by atoms with Gasteiger partial charge in [-0.15, -0.1) is 0 Å². The van der Waals surface area contributed by atoms with E-state index in [1.54, 1.807) is 23.0 Å². The van der Waals surface area contributed by atoms with Crippen molar-refractivity contribution in [1.29, 1.82) is 0 Å². The molecule has 0 spiro atoms. The number of imidazole rings is 1. The van der Waals surface area contributed by atoms with Crippen LogP contribution in [0.15, 0.2) is 23.3 Å². The standard InChI is InChI=1S/C8H10N4O/c9-2-4-12-7-1-3-10-5-6(7)11-8(12)13/h1,3,5H,2,4,9H2,(H,11,13). The first-order valence-corrected chi connectivity index (χ1v) is 4.05. The Morgan fingerprint density at radius 3 is 3.23 bits per heavy atom. The number of nitrogens with one attached hydrogen (secondary N) is 1. The molecule has 0 radical (unpaired) electrons. The molecule has 5 heteroatoms. The Bertz CT molecular complexity index is 470. The van der Waals surface area contributed by atoms with Gasteiger partial charge in [0.2, 0.25) is 0 Å². The van der Waals surface area contributed by atoms with Crippen molar-refractivity contribution in [1.82, 2.24) is 14.5 Å². The van der Waals surface area contributed by atoms with Crippen molar-refractivity contribution in [3.63, 3.8) is 0 Å². The van der Waals surface area contributed by atoms with Gasteiger partial charge in [0.25, 0.3) is 0 Å². The Kier molecular flexibility index (Phi) is 1.86. The molecule has 0 amide bonds. The highest BCUT2D eigenvalue weighted by molar-refractivity contribution is 5.73.